The first kappa shape index (κ1) is 30.1. The second kappa shape index (κ2) is 15.8. The van der Waals surface area contributed by atoms with Crippen molar-refractivity contribution < 1.29 is 45.0 Å². The molecule has 2 rings (SSSR count). The van der Waals surface area contributed by atoms with Crippen LogP contribution in [0.5, 0.6) is 11.5 Å². The maximum absolute atomic E-state index is 10.5. The molecule has 0 saturated heterocycles. The Bertz CT molecular complexity index is 930. The van der Waals surface area contributed by atoms with Crippen LogP contribution in [-0.2, 0) is 20.8 Å². The molecule has 1 amide bonds. The van der Waals surface area contributed by atoms with E-state index in [2.05, 4.69) is 10.6 Å². The average molecular weight is 476 g/mol. The Hall–Kier alpha value is -3.93. The normalized spacial score (nSPS) is 11.9. The second-order valence-electron chi connectivity index (χ2n) is 6.89. The summed E-state index contributed by atoms with van der Waals surface area (Å²) in [7, 11) is 1.64. The van der Waals surface area contributed by atoms with Gasteiger partial charge in [-0.3, -0.25) is 4.79 Å². The van der Waals surface area contributed by atoms with Gasteiger partial charge < -0.3 is 50.9 Å². The number of phenolic OH excluding ortho intramolecular Hbond substituents is 1. The number of aliphatic hydroxyl groups is 1. The maximum atomic E-state index is 10.5. The van der Waals surface area contributed by atoms with Crippen LogP contribution < -0.4 is 25.6 Å². The predicted molar refractivity (Wildman–Crippen MR) is 120 cm³/mol. The van der Waals surface area contributed by atoms with Gasteiger partial charge in [-0.1, -0.05) is 18.2 Å². The zero-order chi connectivity index (χ0) is 24.8. The molecule has 0 aliphatic carbocycles. The quantitative estimate of drug-likeness (QED) is 0.168. The number of carboxylic acids is 2. The number of hydrogen-bond donors (Lipinski definition) is 4. The molecule has 0 radical (unpaired) electrons. The molecule has 6 N–H and O–H groups in total. The van der Waals surface area contributed by atoms with Crippen LogP contribution in [0.1, 0.15) is 24.2 Å². The Morgan fingerprint density at radius 3 is 2.18 bits per heavy atom. The number of carbonyl (C=O) groups excluding carboxylic acids is 3. The number of phenols is 1. The minimum Gasteiger partial charge on any atom is -0.545 e. The van der Waals surface area contributed by atoms with Crippen molar-refractivity contribution in [3.63, 3.8) is 0 Å². The van der Waals surface area contributed by atoms with Gasteiger partial charge in [-0.25, -0.2) is 0 Å². The maximum Gasteiger partial charge on any atom is 0.211 e. The first-order chi connectivity index (χ1) is 15.7. The van der Waals surface area contributed by atoms with Gasteiger partial charge in [-0.15, -0.1) is 0 Å². The molecule has 0 fully saturated rings. The largest absolute Gasteiger partial charge is 0.545 e. The van der Waals surface area contributed by atoms with Crippen LogP contribution in [-0.4, -0.2) is 53.7 Å². The van der Waals surface area contributed by atoms with E-state index in [1.165, 1.54) is 11.6 Å². The summed E-state index contributed by atoms with van der Waals surface area (Å²) >= 11 is 0. The highest BCUT2D eigenvalue weighted by molar-refractivity contribution is 5.87. The molecule has 0 bridgehead atoms. The van der Waals surface area contributed by atoms with Crippen molar-refractivity contribution in [2.24, 2.45) is 0 Å². The van der Waals surface area contributed by atoms with Crippen LogP contribution in [0.3, 0.4) is 0 Å². The van der Waals surface area contributed by atoms with E-state index in [1.807, 2.05) is 31.2 Å². The van der Waals surface area contributed by atoms with Gasteiger partial charge >= 0.3 is 0 Å². The molecule has 0 spiro atoms. The van der Waals surface area contributed by atoms with Crippen LogP contribution in [0.25, 0.3) is 0 Å². The van der Waals surface area contributed by atoms with E-state index in [1.54, 1.807) is 19.2 Å². The number of ether oxygens (including phenoxy) is 1. The number of carboxylic acid groups (broad SMARTS) is 2. The number of carbonyl (C=O) groups is 3. The van der Waals surface area contributed by atoms with E-state index in [9.17, 15) is 34.8 Å². The third-order valence-electron chi connectivity index (χ3n) is 4.34. The summed E-state index contributed by atoms with van der Waals surface area (Å²) in [4.78, 5) is 29.4. The standard InChI is InChI=1S/C19H24N2O4.C4H4O4.H2O/c1-13(9-14-3-6-16(25-2)7-4-14)20-11-19(24)15-5-8-18(23)17(10-15)21-12-22;5-3(6)1-2-4(7)8;/h3-8,10,12-13,19-20,23-24H,9,11H2,1-2H3,(H,21,22);1-2H,(H,5,6)(H,7,8);1H2/p-2/b;2-1+;. The zero-order valence-electron chi connectivity index (χ0n) is 18.7. The van der Waals surface area contributed by atoms with E-state index < -0.39 is 18.0 Å². The van der Waals surface area contributed by atoms with Crippen LogP contribution in [0.4, 0.5) is 5.69 Å². The molecule has 2 unspecified atom stereocenters. The van der Waals surface area contributed by atoms with Crippen molar-refractivity contribution in [1.29, 1.82) is 0 Å². The lowest BCUT2D eigenvalue weighted by molar-refractivity contribution is -0.301. The van der Waals surface area contributed by atoms with Crippen molar-refractivity contribution >= 4 is 24.0 Å². The fourth-order valence-electron chi connectivity index (χ4n) is 2.69. The molecule has 0 saturated carbocycles. The number of amides is 1. The number of rotatable bonds is 11. The lowest BCUT2D eigenvalue weighted by atomic mass is 10.1. The molecule has 0 aliphatic heterocycles. The summed E-state index contributed by atoms with van der Waals surface area (Å²) in [6.45, 7) is 2.41. The summed E-state index contributed by atoms with van der Waals surface area (Å²) < 4.78 is 5.14. The lowest BCUT2D eigenvalue weighted by Crippen LogP contribution is -2.32. The van der Waals surface area contributed by atoms with Gasteiger partial charge in [0.15, 0.2) is 0 Å². The minimum absolute atomic E-state index is 0. The SMILES string of the molecule is COc1ccc(CC(C)NCC(O)c2ccc(O)c(NC=O)c2)cc1.O.O=C([O-])/C=C/C(=O)[O-]. The summed E-state index contributed by atoms with van der Waals surface area (Å²) in [6, 6.07) is 12.7. The fraction of sp³-hybridized carbons (Fsp3) is 0.261. The van der Waals surface area contributed by atoms with Crippen molar-refractivity contribution in [3.8, 4) is 11.5 Å². The number of aromatic hydroxyl groups is 1. The Morgan fingerprint density at radius 2 is 1.68 bits per heavy atom. The smallest absolute Gasteiger partial charge is 0.211 e. The molecular weight excluding hydrogens is 448 g/mol. The Kier molecular flexibility index (Phi) is 14.0. The van der Waals surface area contributed by atoms with Gasteiger partial charge in [-0.05, 0) is 60.9 Å². The third kappa shape index (κ3) is 11.6. The van der Waals surface area contributed by atoms with Crippen LogP contribution in [0.15, 0.2) is 54.6 Å². The van der Waals surface area contributed by atoms with Crippen LogP contribution >= 0.6 is 0 Å². The molecular formula is C23H28N2O9-2. The molecule has 11 nitrogen and oxygen atoms in total. The van der Waals surface area contributed by atoms with E-state index in [4.69, 9.17) is 4.74 Å². The molecule has 186 valence electrons. The molecule has 2 aromatic carbocycles. The molecule has 2 aromatic rings. The van der Waals surface area contributed by atoms with Gasteiger partial charge in [0.1, 0.15) is 11.5 Å². The molecule has 0 aromatic heterocycles. The number of nitrogens with one attached hydrogen (secondary N) is 2. The molecule has 11 heteroatoms. The third-order valence-corrected chi connectivity index (χ3v) is 4.34. The highest BCUT2D eigenvalue weighted by atomic mass is 16.5. The Morgan fingerprint density at radius 1 is 1.09 bits per heavy atom. The first-order valence-corrected chi connectivity index (χ1v) is 9.83. The number of anilines is 1. The predicted octanol–water partition coefficient (Wildman–Crippen LogP) is -1.56. The average Bonchev–Trinajstić information content (AvgIpc) is 2.78. The van der Waals surface area contributed by atoms with Crippen molar-refractivity contribution in [2.45, 2.75) is 25.5 Å². The molecule has 0 aliphatic rings. The molecule has 34 heavy (non-hydrogen) atoms. The lowest BCUT2D eigenvalue weighted by Gasteiger charge is -2.18. The Labute approximate surface area is 196 Å². The van der Waals surface area contributed by atoms with E-state index >= 15 is 0 Å². The van der Waals surface area contributed by atoms with Gasteiger partial charge in [0.25, 0.3) is 0 Å². The molecule has 0 heterocycles. The highest BCUT2D eigenvalue weighted by Gasteiger charge is 2.12. The minimum atomic E-state index is -1.55. The van der Waals surface area contributed by atoms with Gasteiger partial charge in [-0.2, -0.15) is 0 Å². The summed E-state index contributed by atoms with van der Waals surface area (Å²) in [5.74, 6) is -2.31. The van der Waals surface area contributed by atoms with Gasteiger partial charge in [0.05, 0.1) is 30.8 Å². The number of aliphatic carboxylic acids is 2. The molecule has 2 atom stereocenters. The van der Waals surface area contributed by atoms with Crippen LogP contribution in [0, 0.1) is 0 Å². The fourth-order valence-corrected chi connectivity index (χ4v) is 2.69. The summed E-state index contributed by atoms with van der Waals surface area (Å²) in [5.41, 5.74) is 2.07. The number of hydrogen-bond acceptors (Lipinski definition) is 9. The van der Waals surface area contributed by atoms with E-state index in [-0.39, 0.29) is 23.0 Å². The van der Waals surface area contributed by atoms with E-state index in [0.717, 1.165) is 12.2 Å². The topological polar surface area (TPSA) is 203 Å². The number of methoxy groups -OCH3 is 1. The first-order valence-electron chi connectivity index (χ1n) is 9.83. The zero-order valence-corrected chi connectivity index (χ0v) is 18.7. The van der Waals surface area contributed by atoms with Gasteiger partial charge in [0.2, 0.25) is 6.41 Å². The highest BCUT2D eigenvalue weighted by Crippen LogP contribution is 2.26. The second-order valence-corrected chi connectivity index (χ2v) is 6.89. The number of aliphatic hydroxyl groups excluding tert-OH is 1. The van der Waals surface area contributed by atoms with Crippen molar-refractivity contribution in [1.82, 2.24) is 5.32 Å². The Balaban J connectivity index is 0.00000104. The van der Waals surface area contributed by atoms with E-state index in [0.29, 0.717) is 30.7 Å². The van der Waals surface area contributed by atoms with Crippen molar-refractivity contribution in [2.75, 3.05) is 19.0 Å². The summed E-state index contributed by atoms with van der Waals surface area (Å²) in [6.07, 6.45) is 1.33. The monoisotopic (exact) mass is 476 g/mol. The summed E-state index contributed by atoms with van der Waals surface area (Å²) in [5, 5.41) is 44.5. The van der Waals surface area contributed by atoms with Crippen molar-refractivity contribution in [3.05, 3.63) is 65.7 Å². The van der Waals surface area contributed by atoms with Crippen LogP contribution in [0.2, 0.25) is 0 Å². The number of benzene rings is 2. The van der Waals surface area contributed by atoms with Gasteiger partial charge in [0, 0.05) is 12.6 Å².